The molecule has 2 heterocycles. The first-order chi connectivity index (χ1) is 6.81. The molecule has 1 atom stereocenters. The number of fused-ring (bicyclic) bond motifs is 1. The summed E-state index contributed by atoms with van der Waals surface area (Å²) in [6.07, 6.45) is 4.90. The maximum Gasteiger partial charge on any atom is 0.182 e. The Kier molecular flexibility index (Phi) is 2.14. The molecule has 2 aromatic rings. The SMILES string of the molecule is C=CC(C)Nc1ncnc2nc[nH]c12. The summed E-state index contributed by atoms with van der Waals surface area (Å²) in [5, 5.41) is 3.18. The molecule has 0 aliphatic carbocycles. The molecule has 2 rings (SSSR count). The number of nitrogens with zero attached hydrogens (tertiary/aromatic N) is 3. The fourth-order valence-electron chi connectivity index (χ4n) is 1.15. The molecule has 0 aromatic carbocycles. The lowest BCUT2D eigenvalue weighted by atomic mass is 10.3. The number of anilines is 1. The molecule has 0 bridgehead atoms. The maximum absolute atomic E-state index is 4.13. The highest BCUT2D eigenvalue weighted by Crippen LogP contribution is 2.15. The Morgan fingerprint density at radius 3 is 3.14 bits per heavy atom. The van der Waals surface area contributed by atoms with E-state index in [2.05, 4.69) is 31.8 Å². The van der Waals surface area contributed by atoms with E-state index in [1.807, 2.05) is 13.0 Å². The molecule has 0 aliphatic rings. The molecular formula is C9H11N5. The summed E-state index contributed by atoms with van der Waals surface area (Å²) in [5.74, 6) is 0.750. The van der Waals surface area contributed by atoms with Gasteiger partial charge in [-0.25, -0.2) is 15.0 Å². The molecule has 5 heteroatoms. The molecule has 0 saturated carbocycles. The third-order valence-electron chi connectivity index (χ3n) is 1.94. The zero-order valence-electron chi connectivity index (χ0n) is 7.86. The van der Waals surface area contributed by atoms with Gasteiger partial charge in [0.15, 0.2) is 11.5 Å². The summed E-state index contributed by atoms with van der Waals surface area (Å²) in [7, 11) is 0. The van der Waals surface area contributed by atoms with Gasteiger partial charge in [-0.1, -0.05) is 6.08 Å². The van der Waals surface area contributed by atoms with Crippen molar-refractivity contribution in [1.29, 1.82) is 0 Å². The van der Waals surface area contributed by atoms with Gasteiger partial charge in [0, 0.05) is 6.04 Å². The van der Waals surface area contributed by atoms with E-state index in [-0.39, 0.29) is 6.04 Å². The lowest BCUT2D eigenvalue weighted by Gasteiger charge is -2.09. The van der Waals surface area contributed by atoms with Crippen LogP contribution in [0.1, 0.15) is 6.92 Å². The minimum atomic E-state index is 0.163. The predicted octanol–water partition coefficient (Wildman–Crippen LogP) is 1.34. The lowest BCUT2D eigenvalue weighted by Crippen LogP contribution is -2.12. The van der Waals surface area contributed by atoms with E-state index < -0.39 is 0 Å². The van der Waals surface area contributed by atoms with E-state index in [0.717, 1.165) is 11.3 Å². The van der Waals surface area contributed by atoms with Gasteiger partial charge in [-0.2, -0.15) is 0 Å². The van der Waals surface area contributed by atoms with Gasteiger partial charge >= 0.3 is 0 Å². The molecule has 0 saturated heterocycles. The van der Waals surface area contributed by atoms with Gasteiger partial charge in [0.05, 0.1) is 6.33 Å². The summed E-state index contributed by atoms with van der Waals surface area (Å²) >= 11 is 0. The molecule has 5 nitrogen and oxygen atoms in total. The van der Waals surface area contributed by atoms with Crippen LogP contribution < -0.4 is 5.32 Å². The minimum absolute atomic E-state index is 0.163. The van der Waals surface area contributed by atoms with E-state index in [0.29, 0.717) is 5.65 Å². The first-order valence-corrected chi connectivity index (χ1v) is 4.34. The standard InChI is InChI=1S/C9H11N5/c1-3-6(2)14-9-7-8(11-4-10-7)12-5-13-9/h3-6H,1H2,2H3,(H2,10,11,12,13,14). The van der Waals surface area contributed by atoms with Gasteiger partial charge in [0.25, 0.3) is 0 Å². The predicted molar refractivity (Wildman–Crippen MR) is 55.0 cm³/mol. The normalized spacial score (nSPS) is 12.6. The maximum atomic E-state index is 4.13. The number of aromatic nitrogens is 4. The molecule has 0 amide bonds. The van der Waals surface area contributed by atoms with Crippen LogP contribution in [0.4, 0.5) is 5.82 Å². The van der Waals surface area contributed by atoms with Crippen LogP contribution in [0.5, 0.6) is 0 Å². The Hall–Kier alpha value is -1.91. The van der Waals surface area contributed by atoms with E-state index >= 15 is 0 Å². The fraction of sp³-hybridized carbons (Fsp3) is 0.222. The summed E-state index contributed by atoms with van der Waals surface area (Å²) in [4.78, 5) is 15.2. The number of nitrogens with one attached hydrogen (secondary N) is 2. The summed E-state index contributed by atoms with van der Waals surface area (Å²) < 4.78 is 0. The third kappa shape index (κ3) is 1.44. The van der Waals surface area contributed by atoms with Crippen molar-refractivity contribution in [3.63, 3.8) is 0 Å². The van der Waals surface area contributed by atoms with Crippen molar-refractivity contribution in [2.24, 2.45) is 0 Å². The Morgan fingerprint density at radius 1 is 1.50 bits per heavy atom. The van der Waals surface area contributed by atoms with Crippen molar-refractivity contribution < 1.29 is 0 Å². The Balaban J connectivity index is 2.41. The van der Waals surface area contributed by atoms with Crippen molar-refractivity contribution in [2.45, 2.75) is 13.0 Å². The second kappa shape index (κ2) is 3.45. The van der Waals surface area contributed by atoms with Crippen LogP contribution in [0.25, 0.3) is 11.2 Å². The highest BCUT2D eigenvalue weighted by atomic mass is 15.1. The van der Waals surface area contributed by atoms with Crippen LogP contribution in [-0.2, 0) is 0 Å². The number of rotatable bonds is 3. The molecule has 72 valence electrons. The number of H-pyrrole nitrogens is 1. The number of hydrogen-bond acceptors (Lipinski definition) is 4. The van der Waals surface area contributed by atoms with Crippen LogP contribution >= 0.6 is 0 Å². The van der Waals surface area contributed by atoms with Crippen LogP contribution in [0.15, 0.2) is 25.3 Å². The van der Waals surface area contributed by atoms with Gasteiger partial charge in [0.1, 0.15) is 11.8 Å². The van der Waals surface area contributed by atoms with E-state index in [1.54, 1.807) is 6.33 Å². The quantitative estimate of drug-likeness (QED) is 0.715. The minimum Gasteiger partial charge on any atom is -0.362 e. The van der Waals surface area contributed by atoms with E-state index in [9.17, 15) is 0 Å². The van der Waals surface area contributed by atoms with Gasteiger partial charge in [-0.3, -0.25) is 0 Å². The van der Waals surface area contributed by atoms with Gasteiger partial charge in [-0.05, 0) is 6.92 Å². The van der Waals surface area contributed by atoms with Gasteiger partial charge in [0.2, 0.25) is 0 Å². The first-order valence-electron chi connectivity index (χ1n) is 4.34. The molecule has 1 unspecified atom stereocenters. The van der Waals surface area contributed by atoms with Crippen LogP contribution in [0.2, 0.25) is 0 Å². The summed E-state index contributed by atoms with van der Waals surface area (Å²) in [5.41, 5.74) is 1.49. The molecule has 0 aliphatic heterocycles. The third-order valence-corrected chi connectivity index (χ3v) is 1.94. The second-order valence-corrected chi connectivity index (χ2v) is 2.99. The van der Waals surface area contributed by atoms with Crippen LogP contribution in [-0.4, -0.2) is 26.0 Å². The van der Waals surface area contributed by atoms with Gasteiger partial charge < -0.3 is 10.3 Å². The average Bonchev–Trinajstić information content (AvgIpc) is 2.66. The smallest absolute Gasteiger partial charge is 0.182 e. The molecule has 14 heavy (non-hydrogen) atoms. The number of hydrogen-bond donors (Lipinski definition) is 2. The van der Waals surface area contributed by atoms with Crippen molar-refractivity contribution in [3.05, 3.63) is 25.3 Å². The highest BCUT2D eigenvalue weighted by Gasteiger charge is 2.06. The van der Waals surface area contributed by atoms with Crippen molar-refractivity contribution in [3.8, 4) is 0 Å². The first kappa shape index (κ1) is 8.68. The summed E-state index contributed by atoms with van der Waals surface area (Å²) in [6.45, 7) is 5.69. The van der Waals surface area contributed by atoms with Crippen molar-refractivity contribution in [1.82, 2.24) is 19.9 Å². The molecule has 0 spiro atoms. The lowest BCUT2D eigenvalue weighted by molar-refractivity contribution is 0.982. The van der Waals surface area contributed by atoms with Crippen molar-refractivity contribution in [2.75, 3.05) is 5.32 Å². The topological polar surface area (TPSA) is 66.5 Å². The van der Waals surface area contributed by atoms with E-state index in [4.69, 9.17) is 0 Å². The highest BCUT2D eigenvalue weighted by molar-refractivity contribution is 5.82. The zero-order valence-corrected chi connectivity index (χ0v) is 7.86. The molecule has 0 fully saturated rings. The average molecular weight is 189 g/mol. The number of aromatic amines is 1. The molecule has 2 aromatic heterocycles. The zero-order chi connectivity index (χ0) is 9.97. The van der Waals surface area contributed by atoms with Crippen molar-refractivity contribution >= 4 is 17.0 Å². The van der Waals surface area contributed by atoms with E-state index in [1.165, 1.54) is 6.33 Å². The molecule has 0 radical (unpaired) electrons. The monoisotopic (exact) mass is 189 g/mol. The fourth-order valence-corrected chi connectivity index (χ4v) is 1.15. The summed E-state index contributed by atoms with van der Waals surface area (Å²) in [6, 6.07) is 0.163. The second-order valence-electron chi connectivity index (χ2n) is 2.99. The van der Waals surface area contributed by atoms with Crippen LogP contribution in [0.3, 0.4) is 0 Å². The Labute approximate surface area is 81.3 Å². The molecular weight excluding hydrogens is 178 g/mol. The molecule has 2 N–H and O–H groups in total. The Morgan fingerprint density at radius 2 is 2.36 bits per heavy atom. The number of imidazole rings is 1. The van der Waals surface area contributed by atoms with Gasteiger partial charge in [-0.15, -0.1) is 6.58 Å². The Bertz CT molecular complexity index is 447. The largest absolute Gasteiger partial charge is 0.362 e. The van der Waals surface area contributed by atoms with Crippen LogP contribution in [0, 0.1) is 0 Å².